The zero-order chi connectivity index (χ0) is 21.4. The summed E-state index contributed by atoms with van der Waals surface area (Å²) in [5.74, 6) is 1.46. The van der Waals surface area contributed by atoms with Crippen molar-refractivity contribution in [3.8, 4) is 22.7 Å². The fourth-order valence-electron chi connectivity index (χ4n) is 5.20. The van der Waals surface area contributed by atoms with E-state index in [9.17, 15) is 4.79 Å². The van der Waals surface area contributed by atoms with Gasteiger partial charge in [-0.1, -0.05) is 54.9 Å². The summed E-state index contributed by atoms with van der Waals surface area (Å²) in [6.45, 7) is 3.85. The predicted octanol–water partition coefficient (Wildman–Crippen LogP) is 5.55. The molecule has 1 aromatic heterocycles. The topological polar surface area (TPSA) is 44.1 Å². The van der Waals surface area contributed by atoms with Gasteiger partial charge in [-0.3, -0.25) is 9.36 Å². The average Bonchev–Trinajstić information content (AvgIpc) is 3.26. The number of ether oxygens (including phenoxy) is 1. The van der Waals surface area contributed by atoms with Gasteiger partial charge in [-0.05, 0) is 49.1 Å². The minimum atomic E-state index is -0.108. The summed E-state index contributed by atoms with van der Waals surface area (Å²) in [4.78, 5) is 19.3. The van der Waals surface area contributed by atoms with Gasteiger partial charge in [-0.25, -0.2) is 4.98 Å². The van der Waals surface area contributed by atoms with E-state index in [1.807, 2.05) is 36.4 Å². The smallest absolute Gasteiger partial charge is 0.263 e. The van der Waals surface area contributed by atoms with Crippen molar-refractivity contribution in [2.45, 2.75) is 42.7 Å². The molecule has 0 saturated heterocycles. The van der Waals surface area contributed by atoms with Crippen LogP contribution in [0.15, 0.2) is 71.1 Å². The number of aromatic nitrogens is 2. The van der Waals surface area contributed by atoms with Crippen molar-refractivity contribution in [1.29, 1.82) is 0 Å². The van der Waals surface area contributed by atoms with Gasteiger partial charge in [-0.15, -0.1) is 6.58 Å². The molecule has 5 heteroatoms. The number of thioether (sulfide) groups is 1. The summed E-state index contributed by atoms with van der Waals surface area (Å²) in [6.07, 6.45) is 7.20. The van der Waals surface area contributed by atoms with Crippen molar-refractivity contribution in [2.75, 3.05) is 12.9 Å². The molecule has 0 bridgehead atoms. The lowest BCUT2D eigenvalue weighted by Gasteiger charge is -2.36. The number of hydrogen-bond acceptors (Lipinski definition) is 4. The molecule has 1 spiro atoms. The first-order chi connectivity index (χ1) is 15.2. The van der Waals surface area contributed by atoms with Crippen LogP contribution >= 0.6 is 11.8 Å². The average molecular weight is 431 g/mol. The van der Waals surface area contributed by atoms with E-state index in [-0.39, 0.29) is 11.0 Å². The van der Waals surface area contributed by atoms with Crippen molar-refractivity contribution < 1.29 is 4.74 Å². The first-order valence-corrected chi connectivity index (χ1v) is 11.8. The molecule has 0 amide bonds. The van der Waals surface area contributed by atoms with E-state index >= 15 is 0 Å². The van der Waals surface area contributed by atoms with E-state index in [4.69, 9.17) is 9.72 Å². The Labute approximate surface area is 187 Å². The molecule has 5 rings (SSSR count). The maximum atomic E-state index is 14.2. The highest BCUT2D eigenvalue weighted by molar-refractivity contribution is 7.99. The van der Waals surface area contributed by atoms with Crippen LogP contribution < -0.4 is 10.3 Å². The molecule has 0 aliphatic heterocycles. The second kappa shape index (κ2) is 8.04. The molecule has 0 radical (unpaired) electrons. The maximum Gasteiger partial charge on any atom is 0.263 e. The first-order valence-electron chi connectivity index (χ1n) is 10.8. The molecular weight excluding hydrogens is 404 g/mol. The van der Waals surface area contributed by atoms with Gasteiger partial charge in [0, 0.05) is 16.7 Å². The first kappa shape index (κ1) is 20.1. The SMILES string of the molecule is C=CCSc1nc2c(c(=O)n1-c1ccc(OC)cc1)C1(CCCC1)Cc1ccccc1-2. The minimum absolute atomic E-state index is 0.0677. The van der Waals surface area contributed by atoms with Gasteiger partial charge in [0.1, 0.15) is 5.75 Å². The van der Waals surface area contributed by atoms with Crippen LogP contribution in [0.25, 0.3) is 16.9 Å². The lowest BCUT2D eigenvalue weighted by molar-refractivity contribution is 0.414. The number of benzene rings is 2. The van der Waals surface area contributed by atoms with Gasteiger partial charge in [0.15, 0.2) is 5.16 Å². The number of hydrogen-bond donors (Lipinski definition) is 0. The molecule has 1 saturated carbocycles. The summed E-state index contributed by atoms with van der Waals surface area (Å²) < 4.78 is 7.11. The molecule has 31 heavy (non-hydrogen) atoms. The van der Waals surface area contributed by atoms with E-state index in [1.54, 1.807) is 23.4 Å². The molecule has 4 nitrogen and oxygen atoms in total. The summed E-state index contributed by atoms with van der Waals surface area (Å²) >= 11 is 1.55. The number of methoxy groups -OCH3 is 1. The quantitative estimate of drug-likeness (QED) is 0.302. The van der Waals surface area contributed by atoms with Crippen LogP contribution in [-0.2, 0) is 11.8 Å². The third-order valence-electron chi connectivity index (χ3n) is 6.61. The lowest BCUT2D eigenvalue weighted by atomic mass is 9.68. The summed E-state index contributed by atoms with van der Waals surface area (Å²) in [7, 11) is 1.65. The Bertz CT molecular complexity index is 1190. The molecule has 0 atom stereocenters. The summed E-state index contributed by atoms with van der Waals surface area (Å²) in [5, 5.41) is 0.707. The molecule has 3 aromatic rings. The summed E-state index contributed by atoms with van der Waals surface area (Å²) in [5.41, 5.74) is 4.98. The van der Waals surface area contributed by atoms with E-state index in [0.717, 1.165) is 60.4 Å². The Kier molecular flexibility index (Phi) is 5.22. The largest absolute Gasteiger partial charge is 0.497 e. The predicted molar refractivity (Wildman–Crippen MR) is 127 cm³/mol. The van der Waals surface area contributed by atoms with E-state index in [0.29, 0.717) is 10.9 Å². The molecule has 158 valence electrons. The third-order valence-corrected chi connectivity index (χ3v) is 7.54. The Morgan fingerprint density at radius 1 is 1.16 bits per heavy atom. The molecule has 2 aliphatic rings. The van der Waals surface area contributed by atoms with Crippen LogP contribution in [0.2, 0.25) is 0 Å². The number of rotatable bonds is 5. The fraction of sp³-hybridized carbons (Fsp3) is 0.308. The Hall–Kier alpha value is -2.79. The molecule has 0 N–H and O–H groups in total. The number of nitrogens with zero attached hydrogens (tertiary/aromatic N) is 2. The molecule has 0 unspecified atom stereocenters. The zero-order valence-electron chi connectivity index (χ0n) is 17.8. The van der Waals surface area contributed by atoms with Crippen LogP contribution in [0.5, 0.6) is 5.75 Å². The van der Waals surface area contributed by atoms with Crippen LogP contribution in [-0.4, -0.2) is 22.4 Å². The third kappa shape index (κ3) is 3.32. The van der Waals surface area contributed by atoms with Crippen molar-refractivity contribution >= 4 is 11.8 Å². The van der Waals surface area contributed by atoms with Gasteiger partial charge in [-0.2, -0.15) is 0 Å². The van der Waals surface area contributed by atoms with Gasteiger partial charge in [0.05, 0.1) is 24.1 Å². The second-order valence-electron chi connectivity index (χ2n) is 8.38. The minimum Gasteiger partial charge on any atom is -0.497 e. The highest BCUT2D eigenvalue weighted by Gasteiger charge is 2.44. The van der Waals surface area contributed by atoms with Crippen molar-refractivity contribution in [3.63, 3.8) is 0 Å². The van der Waals surface area contributed by atoms with E-state index in [2.05, 4.69) is 24.8 Å². The second-order valence-corrected chi connectivity index (χ2v) is 9.36. The van der Waals surface area contributed by atoms with Gasteiger partial charge in [0.25, 0.3) is 5.56 Å². The van der Waals surface area contributed by atoms with Gasteiger partial charge < -0.3 is 4.74 Å². The Morgan fingerprint density at radius 3 is 2.61 bits per heavy atom. The molecule has 1 fully saturated rings. The van der Waals surface area contributed by atoms with Crippen molar-refractivity contribution in [3.05, 3.63) is 82.7 Å². The van der Waals surface area contributed by atoms with E-state index in [1.165, 1.54) is 5.56 Å². The highest BCUT2D eigenvalue weighted by Crippen LogP contribution is 2.50. The molecule has 2 aromatic carbocycles. The van der Waals surface area contributed by atoms with Crippen LogP contribution in [0.3, 0.4) is 0 Å². The number of fused-ring (bicyclic) bond motifs is 4. The monoisotopic (exact) mass is 430 g/mol. The fourth-order valence-corrected chi connectivity index (χ4v) is 5.94. The zero-order valence-corrected chi connectivity index (χ0v) is 18.6. The van der Waals surface area contributed by atoms with E-state index < -0.39 is 0 Å². The standard InChI is InChI=1S/C26H26N2O2S/c1-3-16-31-25-27-23-21-9-5-4-8-18(21)17-26(14-6-7-15-26)22(23)24(29)28(25)19-10-12-20(30-2)13-11-19/h3-5,8-13H,1,6-7,14-17H2,2H3. The van der Waals surface area contributed by atoms with Crippen molar-refractivity contribution in [2.24, 2.45) is 0 Å². The maximum absolute atomic E-state index is 14.2. The molecule has 1 heterocycles. The lowest BCUT2D eigenvalue weighted by Crippen LogP contribution is -2.40. The summed E-state index contributed by atoms with van der Waals surface area (Å²) in [6, 6.07) is 16.1. The van der Waals surface area contributed by atoms with Crippen LogP contribution in [0.4, 0.5) is 0 Å². The van der Waals surface area contributed by atoms with Crippen molar-refractivity contribution in [1.82, 2.24) is 9.55 Å². The molecule has 2 aliphatic carbocycles. The Morgan fingerprint density at radius 2 is 1.90 bits per heavy atom. The van der Waals surface area contributed by atoms with Gasteiger partial charge >= 0.3 is 0 Å². The Balaban J connectivity index is 1.80. The molecular formula is C26H26N2O2S. The normalized spacial score (nSPS) is 16.0. The highest BCUT2D eigenvalue weighted by atomic mass is 32.2. The van der Waals surface area contributed by atoms with Gasteiger partial charge in [0.2, 0.25) is 0 Å². The van der Waals surface area contributed by atoms with Crippen LogP contribution in [0, 0.1) is 0 Å². The van der Waals surface area contributed by atoms with Crippen LogP contribution in [0.1, 0.15) is 36.8 Å².